The number of cyclic esters (lactones) is 1. The zero-order valence-corrected chi connectivity index (χ0v) is 3.96. The van der Waals surface area contributed by atoms with Gasteiger partial charge in [0.15, 0.2) is 6.40 Å². The fourth-order valence-corrected chi connectivity index (χ4v) is 0.355. The molecule has 1 heterocycles. The summed E-state index contributed by atoms with van der Waals surface area (Å²) in [7, 11) is 0. The summed E-state index contributed by atoms with van der Waals surface area (Å²) in [5.41, 5.74) is 0. The largest absolute Gasteiger partial charge is 0.414 e. The van der Waals surface area contributed by atoms with Crippen LogP contribution in [0.2, 0.25) is 0 Å². The highest BCUT2D eigenvalue weighted by Crippen LogP contribution is 1.92. The van der Waals surface area contributed by atoms with Crippen LogP contribution in [-0.2, 0) is 14.3 Å². The fraction of sp³-hybridized carbons (Fsp3) is 0.250. The first kappa shape index (κ1) is 4.96. The Bertz CT molecular complexity index is 161. The second-order valence-corrected chi connectivity index (χ2v) is 1.29. The molecular formula is C4H3NO3. The summed E-state index contributed by atoms with van der Waals surface area (Å²) >= 11 is 0. The van der Waals surface area contributed by atoms with Crippen molar-refractivity contribution in [2.45, 2.75) is 6.42 Å². The highest BCUT2D eigenvalue weighted by atomic mass is 16.5. The van der Waals surface area contributed by atoms with Crippen LogP contribution in [0.1, 0.15) is 6.42 Å². The molecule has 1 aliphatic heterocycles. The van der Waals surface area contributed by atoms with E-state index < -0.39 is 11.9 Å². The number of amides is 1. The van der Waals surface area contributed by atoms with Crippen LogP contribution in [0.3, 0.4) is 0 Å². The molecule has 0 aromatic heterocycles. The number of rotatable bonds is 0. The highest BCUT2D eigenvalue weighted by molar-refractivity contribution is 6.02. The SMILES string of the molecule is O=C1CC(=O)OC=N1. The molecule has 4 nitrogen and oxygen atoms in total. The van der Waals surface area contributed by atoms with E-state index in [9.17, 15) is 9.59 Å². The molecule has 0 aliphatic carbocycles. The van der Waals surface area contributed by atoms with Gasteiger partial charge in [0.2, 0.25) is 0 Å². The Balaban J connectivity index is 2.68. The van der Waals surface area contributed by atoms with E-state index in [0.717, 1.165) is 6.40 Å². The van der Waals surface area contributed by atoms with Crippen molar-refractivity contribution in [2.75, 3.05) is 0 Å². The predicted molar refractivity (Wildman–Crippen MR) is 24.2 cm³/mol. The molecule has 0 N–H and O–H groups in total. The molecule has 0 aromatic rings. The van der Waals surface area contributed by atoms with E-state index in [1.54, 1.807) is 0 Å². The third-order valence-corrected chi connectivity index (χ3v) is 0.676. The summed E-state index contributed by atoms with van der Waals surface area (Å²) in [6.45, 7) is 0. The Hall–Kier alpha value is -1.19. The Morgan fingerprint density at radius 3 is 2.75 bits per heavy atom. The first-order valence-electron chi connectivity index (χ1n) is 2.04. The molecule has 0 spiro atoms. The van der Waals surface area contributed by atoms with E-state index in [4.69, 9.17) is 0 Å². The third-order valence-electron chi connectivity index (χ3n) is 0.676. The third kappa shape index (κ3) is 0.900. The summed E-state index contributed by atoms with van der Waals surface area (Å²) in [5, 5.41) is 0. The lowest BCUT2D eigenvalue weighted by atomic mass is 10.4. The maximum absolute atomic E-state index is 10.2. The lowest BCUT2D eigenvalue weighted by Gasteiger charge is -1.98. The van der Waals surface area contributed by atoms with Gasteiger partial charge in [-0.15, -0.1) is 0 Å². The molecule has 0 saturated carbocycles. The van der Waals surface area contributed by atoms with Gasteiger partial charge in [-0.25, -0.2) is 0 Å². The number of carbonyl (C=O) groups excluding carboxylic acids is 2. The Morgan fingerprint density at radius 2 is 2.38 bits per heavy atom. The van der Waals surface area contributed by atoms with Gasteiger partial charge >= 0.3 is 5.97 Å². The number of esters is 1. The van der Waals surface area contributed by atoms with Crippen LogP contribution in [0, 0.1) is 0 Å². The van der Waals surface area contributed by atoms with Gasteiger partial charge in [0.05, 0.1) is 0 Å². The minimum Gasteiger partial charge on any atom is -0.414 e. The molecule has 0 unspecified atom stereocenters. The number of hydrogen-bond donors (Lipinski definition) is 0. The Kier molecular flexibility index (Phi) is 1.07. The maximum Gasteiger partial charge on any atom is 0.321 e. The Morgan fingerprint density at radius 1 is 1.62 bits per heavy atom. The average Bonchev–Trinajstić information content (AvgIpc) is 1.64. The molecule has 0 radical (unpaired) electrons. The molecule has 0 bridgehead atoms. The zero-order chi connectivity index (χ0) is 5.98. The molecule has 1 rings (SSSR count). The molecule has 1 amide bonds. The Labute approximate surface area is 45.2 Å². The minimum absolute atomic E-state index is 0.226. The maximum atomic E-state index is 10.2. The van der Waals surface area contributed by atoms with Crippen molar-refractivity contribution in [3.8, 4) is 0 Å². The lowest BCUT2D eigenvalue weighted by Crippen LogP contribution is -2.14. The summed E-state index contributed by atoms with van der Waals surface area (Å²) in [6.07, 6.45) is 0.630. The average molecular weight is 113 g/mol. The molecule has 4 heteroatoms. The topological polar surface area (TPSA) is 55.7 Å². The van der Waals surface area contributed by atoms with Crippen LogP contribution in [0.15, 0.2) is 4.99 Å². The predicted octanol–water partition coefficient (Wildman–Crippen LogP) is -0.512. The van der Waals surface area contributed by atoms with E-state index >= 15 is 0 Å². The van der Waals surface area contributed by atoms with Crippen molar-refractivity contribution >= 4 is 18.3 Å². The van der Waals surface area contributed by atoms with Crippen molar-refractivity contribution in [3.05, 3.63) is 0 Å². The van der Waals surface area contributed by atoms with Gasteiger partial charge in [0.1, 0.15) is 6.42 Å². The summed E-state index contributed by atoms with van der Waals surface area (Å²) < 4.78 is 4.20. The molecule has 42 valence electrons. The molecule has 1 aliphatic rings. The van der Waals surface area contributed by atoms with Crippen LogP contribution in [0.5, 0.6) is 0 Å². The van der Waals surface area contributed by atoms with Gasteiger partial charge in [-0.1, -0.05) is 0 Å². The monoisotopic (exact) mass is 113 g/mol. The molecule has 0 atom stereocenters. The molecule has 0 fully saturated rings. The van der Waals surface area contributed by atoms with Crippen LogP contribution in [-0.4, -0.2) is 18.3 Å². The van der Waals surface area contributed by atoms with E-state index in [0.29, 0.717) is 0 Å². The second-order valence-electron chi connectivity index (χ2n) is 1.29. The number of carbonyl (C=O) groups is 2. The quantitative estimate of drug-likeness (QED) is 0.314. The summed E-state index contributed by atoms with van der Waals surface area (Å²) in [6, 6.07) is 0. The number of aliphatic imine (C=N–C) groups is 1. The smallest absolute Gasteiger partial charge is 0.321 e. The van der Waals surface area contributed by atoms with Crippen molar-refractivity contribution in [2.24, 2.45) is 4.99 Å². The van der Waals surface area contributed by atoms with Gasteiger partial charge in [0.25, 0.3) is 5.91 Å². The van der Waals surface area contributed by atoms with Crippen LogP contribution in [0.4, 0.5) is 0 Å². The van der Waals surface area contributed by atoms with Gasteiger partial charge in [-0.3, -0.25) is 9.59 Å². The van der Waals surface area contributed by atoms with E-state index in [2.05, 4.69) is 9.73 Å². The van der Waals surface area contributed by atoms with Crippen molar-refractivity contribution in [1.29, 1.82) is 0 Å². The van der Waals surface area contributed by atoms with Gasteiger partial charge < -0.3 is 4.74 Å². The normalized spacial score (nSPS) is 18.5. The van der Waals surface area contributed by atoms with Crippen LogP contribution in [0.25, 0.3) is 0 Å². The van der Waals surface area contributed by atoms with Crippen molar-refractivity contribution in [1.82, 2.24) is 0 Å². The fourth-order valence-electron chi connectivity index (χ4n) is 0.355. The summed E-state index contributed by atoms with van der Waals surface area (Å²) in [5.74, 6) is -0.980. The molecular weight excluding hydrogens is 110 g/mol. The van der Waals surface area contributed by atoms with Crippen LogP contribution >= 0.6 is 0 Å². The number of hydrogen-bond acceptors (Lipinski definition) is 3. The van der Waals surface area contributed by atoms with Gasteiger partial charge in [0, 0.05) is 0 Å². The summed E-state index contributed by atoms with van der Waals surface area (Å²) in [4.78, 5) is 23.5. The van der Waals surface area contributed by atoms with Crippen LogP contribution < -0.4 is 0 Å². The first-order valence-corrected chi connectivity index (χ1v) is 2.04. The molecule has 8 heavy (non-hydrogen) atoms. The lowest BCUT2D eigenvalue weighted by molar-refractivity contribution is -0.139. The van der Waals surface area contributed by atoms with E-state index in [1.165, 1.54) is 0 Å². The molecule has 0 aromatic carbocycles. The van der Waals surface area contributed by atoms with E-state index in [1.807, 2.05) is 0 Å². The van der Waals surface area contributed by atoms with Gasteiger partial charge in [-0.2, -0.15) is 4.99 Å². The number of nitrogens with zero attached hydrogens (tertiary/aromatic N) is 1. The zero-order valence-electron chi connectivity index (χ0n) is 3.96. The minimum atomic E-state index is -0.537. The van der Waals surface area contributed by atoms with E-state index in [-0.39, 0.29) is 6.42 Å². The van der Waals surface area contributed by atoms with Crippen molar-refractivity contribution < 1.29 is 14.3 Å². The van der Waals surface area contributed by atoms with Gasteiger partial charge in [-0.05, 0) is 0 Å². The first-order chi connectivity index (χ1) is 3.79. The van der Waals surface area contributed by atoms with Crippen molar-refractivity contribution in [3.63, 3.8) is 0 Å². The second kappa shape index (κ2) is 1.73. The molecule has 0 saturated heterocycles. The standard InChI is InChI=1S/C4H3NO3/c6-3-1-4(7)8-2-5-3/h2H,1H2. The highest BCUT2D eigenvalue weighted by Gasteiger charge is 2.12. The number of ether oxygens (including phenoxy) is 1.